The molecular weight excluding hydrogens is 197 g/mol. The second-order valence-electron chi connectivity index (χ2n) is 2.73. The summed E-state index contributed by atoms with van der Waals surface area (Å²) in [6.45, 7) is 4.03. The number of allylic oxidation sites excluding steroid dienone is 1. The van der Waals surface area contributed by atoms with Gasteiger partial charge in [0.15, 0.2) is 0 Å². The minimum absolute atomic E-state index is 0.0505. The molecule has 0 aromatic rings. The van der Waals surface area contributed by atoms with Gasteiger partial charge in [0, 0.05) is 5.57 Å². The van der Waals surface area contributed by atoms with Gasteiger partial charge in [-0.05, 0) is 6.92 Å². The van der Waals surface area contributed by atoms with Gasteiger partial charge < -0.3 is 9.84 Å². The molecule has 0 radical (unpaired) electrons. The third kappa shape index (κ3) is 5.77. The van der Waals surface area contributed by atoms with E-state index in [0.29, 0.717) is 0 Å². The van der Waals surface area contributed by atoms with Crippen LogP contribution in [0.1, 0.15) is 6.92 Å². The molecule has 0 aliphatic heterocycles. The quantitative estimate of drug-likeness (QED) is 0.556. The Morgan fingerprint density at radius 2 is 2.14 bits per heavy atom. The Balaban J connectivity index is 3.78. The molecule has 0 bridgehead atoms. The molecule has 0 fully saturated rings. The minimum Gasteiger partial charge on any atom is -0.387 e. The van der Waals surface area contributed by atoms with Crippen molar-refractivity contribution >= 4 is 0 Å². The number of rotatable bonds is 5. The smallest absolute Gasteiger partial charge is 0.387 e. The van der Waals surface area contributed by atoms with E-state index in [9.17, 15) is 13.2 Å². The van der Waals surface area contributed by atoms with Crippen LogP contribution in [0.2, 0.25) is 0 Å². The van der Waals surface area contributed by atoms with E-state index in [4.69, 9.17) is 9.84 Å². The molecular formula is C9H13F3O2. The number of halogens is 3. The molecule has 0 aromatic heterocycles. The number of ether oxygens (including phenoxy) is 1. The van der Waals surface area contributed by atoms with Crippen LogP contribution in [0.4, 0.5) is 13.2 Å². The summed E-state index contributed by atoms with van der Waals surface area (Å²) in [5.41, 5.74) is -0.703. The summed E-state index contributed by atoms with van der Waals surface area (Å²) in [6.07, 6.45) is -2.97. The number of aliphatic hydroxyl groups is 1. The van der Waals surface area contributed by atoms with Gasteiger partial charge in [0.2, 0.25) is 0 Å². The molecule has 0 spiro atoms. The number of hydrogen-bond acceptors (Lipinski definition) is 2. The van der Waals surface area contributed by atoms with E-state index in [2.05, 4.69) is 6.58 Å². The van der Waals surface area contributed by atoms with Crippen molar-refractivity contribution < 1.29 is 23.0 Å². The predicted octanol–water partition coefficient (Wildman–Crippen LogP) is 2.06. The standard InChI is InChI=1S/C9H13F3O2/c1-3-8(13)6-14-5-4-7(2)9(10,11)12/h3-4,8,13H,1,5-6H2,2H3/b7-4+/t8-/m1/s1. The molecule has 5 heteroatoms. The highest BCUT2D eigenvalue weighted by molar-refractivity contribution is 5.05. The Hall–Kier alpha value is -0.810. The lowest BCUT2D eigenvalue weighted by molar-refractivity contribution is -0.0919. The summed E-state index contributed by atoms with van der Waals surface area (Å²) in [5.74, 6) is 0. The number of aliphatic hydroxyl groups excluding tert-OH is 1. The molecule has 1 atom stereocenters. The van der Waals surface area contributed by atoms with Crippen molar-refractivity contribution in [2.75, 3.05) is 13.2 Å². The Morgan fingerprint density at radius 3 is 2.57 bits per heavy atom. The second-order valence-corrected chi connectivity index (χ2v) is 2.73. The van der Waals surface area contributed by atoms with Gasteiger partial charge in [-0.2, -0.15) is 13.2 Å². The molecule has 0 rings (SSSR count). The highest BCUT2D eigenvalue weighted by Gasteiger charge is 2.29. The average Bonchev–Trinajstić information content (AvgIpc) is 2.09. The van der Waals surface area contributed by atoms with Crippen LogP contribution in [0.25, 0.3) is 0 Å². The third-order valence-electron chi connectivity index (χ3n) is 1.52. The lowest BCUT2D eigenvalue weighted by Crippen LogP contribution is -2.13. The summed E-state index contributed by atoms with van der Waals surface area (Å²) in [7, 11) is 0. The summed E-state index contributed by atoms with van der Waals surface area (Å²) < 4.78 is 40.5. The first kappa shape index (κ1) is 13.2. The van der Waals surface area contributed by atoms with Crippen LogP contribution in [0.5, 0.6) is 0 Å². The average molecular weight is 210 g/mol. The van der Waals surface area contributed by atoms with Crippen molar-refractivity contribution in [1.82, 2.24) is 0 Å². The van der Waals surface area contributed by atoms with E-state index in [-0.39, 0.29) is 13.2 Å². The van der Waals surface area contributed by atoms with Crippen LogP contribution < -0.4 is 0 Å². The highest BCUT2D eigenvalue weighted by atomic mass is 19.4. The SMILES string of the molecule is C=C[C@@H](O)COC/C=C(\C)C(F)(F)F. The predicted molar refractivity (Wildman–Crippen MR) is 46.8 cm³/mol. The van der Waals surface area contributed by atoms with Gasteiger partial charge in [0.05, 0.1) is 19.3 Å². The third-order valence-corrected chi connectivity index (χ3v) is 1.52. The zero-order valence-electron chi connectivity index (χ0n) is 7.84. The fourth-order valence-corrected chi connectivity index (χ4v) is 0.556. The lowest BCUT2D eigenvalue weighted by Gasteiger charge is -2.07. The van der Waals surface area contributed by atoms with Crippen molar-refractivity contribution in [3.8, 4) is 0 Å². The van der Waals surface area contributed by atoms with E-state index in [0.717, 1.165) is 13.0 Å². The maximum Gasteiger partial charge on any atom is 0.412 e. The summed E-state index contributed by atoms with van der Waals surface area (Å²) in [6, 6.07) is 0. The minimum atomic E-state index is -4.31. The van der Waals surface area contributed by atoms with Gasteiger partial charge in [0.1, 0.15) is 0 Å². The second kappa shape index (κ2) is 5.82. The Kier molecular flexibility index (Phi) is 5.49. The van der Waals surface area contributed by atoms with Gasteiger partial charge in [-0.25, -0.2) is 0 Å². The Morgan fingerprint density at radius 1 is 1.57 bits per heavy atom. The van der Waals surface area contributed by atoms with Crippen LogP contribution in [0.3, 0.4) is 0 Å². The molecule has 2 nitrogen and oxygen atoms in total. The van der Waals surface area contributed by atoms with Gasteiger partial charge in [-0.15, -0.1) is 6.58 Å². The van der Waals surface area contributed by atoms with E-state index >= 15 is 0 Å². The molecule has 0 saturated carbocycles. The molecule has 0 aliphatic rings. The van der Waals surface area contributed by atoms with Crippen LogP contribution in [-0.2, 0) is 4.74 Å². The maximum absolute atomic E-state index is 11.9. The summed E-state index contributed by atoms with van der Waals surface area (Å²) >= 11 is 0. The van der Waals surface area contributed by atoms with Crippen molar-refractivity contribution in [3.63, 3.8) is 0 Å². The molecule has 1 N–H and O–H groups in total. The molecule has 0 saturated heterocycles. The molecule has 14 heavy (non-hydrogen) atoms. The van der Waals surface area contributed by atoms with Gasteiger partial charge in [0.25, 0.3) is 0 Å². The normalized spacial score (nSPS) is 15.4. The van der Waals surface area contributed by atoms with Gasteiger partial charge >= 0.3 is 6.18 Å². The first-order valence-corrected chi connectivity index (χ1v) is 4.00. The first-order valence-electron chi connectivity index (χ1n) is 4.00. The summed E-state index contributed by atoms with van der Waals surface area (Å²) in [4.78, 5) is 0. The van der Waals surface area contributed by atoms with E-state index in [1.165, 1.54) is 6.08 Å². The lowest BCUT2D eigenvalue weighted by atomic mass is 10.3. The van der Waals surface area contributed by atoms with Crippen molar-refractivity contribution in [2.24, 2.45) is 0 Å². The van der Waals surface area contributed by atoms with E-state index in [1.807, 2.05) is 0 Å². The molecule has 0 amide bonds. The fraction of sp³-hybridized carbons (Fsp3) is 0.556. The number of hydrogen-bond donors (Lipinski definition) is 1. The molecule has 0 aromatic carbocycles. The topological polar surface area (TPSA) is 29.5 Å². The van der Waals surface area contributed by atoms with Gasteiger partial charge in [-0.3, -0.25) is 0 Å². The van der Waals surface area contributed by atoms with E-state index < -0.39 is 17.9 Å². The molecule has 0 unspecified atom stereocenters. The Labute approximate surface area is 80.7 Å². The van der Waals surface area contributed by atoms with Crippen LogP contribution >= 0.6 is 0 Å². The fourth-order valence-electron chi connectivity index (χ4n) is 0.556. The zero-order valence-corrected chi connectivity index (χ0v) is 7.84. The highest BCUT2D eigenvalue weighted by Crippen LogP contribution is 2.24. The van der Waals surface area contributed by atoms with Crippen LogP contribution in [-0.4, -0.2) is 30.6 Å². The van der Waals surface area contributed by atoms with Gasteiger partial charge in [-0.1, -0.05) is 12.2 Å². The molecule has 82 valence electrons. The van der Waals surface area contributed by atoms with E-state index in [1.54, 1.807) is 0 Å². The van der Waals surface area contributed by atoms with Crippen LogP contribution in [0, 0.1) is 0 Å². The van der Waals surface area contributed by atoms with Crippen molar-refractivity contribution in [2.45, 2.75) is 19.2 Å². The monoisotopic (exact) mass is 210 g/mol. The maximum atomic E-state index is 11.9. The zero-order chi connectivity index (χ0) is 11.2. The first-order chi connectivity index (χ1) is 6.38. The molecule has 0 aliphatic carbocycles. The van der Waals surface area contributed by atoms with Crippen molar-refractivity contribution in [1.29, 1.82) is 0 Å². The summed E-state index contributed by atoms with van der Waals surface area (Å²) in [5, 5.41) is 8.90. The largest absolute Gasteiger partial charge is 0.412 e. The number of alkyl halides is 3. The Bertz CT molecular complexity index is 209. The van der Waals surface area contributed by atoms with Crippen molar-refractivity contribution in [3.05, 3.63) is 24.3 Å². The molecule has 0 heterocycles. The van der Waals surface area contributed by atoms with Crippen LogP contribution in [0.15, 0.2) is 24.3 Å².